The molecule has 1 amide bonds. The molecule has 9 heteroatoms. The molecule has 4 aliphatic heterocycles. The van der Waals surface area contributed by atoms with Crippen LogP contribution < -0.4 is 10.1 Å². The summed E-state index contributed by atoms with van der Waals surface area (Å²) in [4.78, 5) is 14.9. The van der Waals surface area contributed by atoms with Crippen molar-refractivity contribution in [1.29, 1.82) is 0 Å². The molecule has 0 atom stereocenters. The highest BCUT2D eigenvalue weighted by molar-refractivity contribution is 7.89. The molecule has 0 radical (unpaired) electrons. The van der Waals surface area contributed by atoms with Gasteiger partial charge in [0.1, 0.15) is 12.4 Å². The highest BCUT2D eigenvalue weighted by atomic mass is 32.2. The summed E-state index contributed by atoms with van der Waals surface area (Å²) in [7, 11) is -3.60. The summed E-state index contributed by atoms with van der Waals surface area (Å²) in [6.45, 7) is 4.31. The summed E-state index contributed by atoms with van der Waals surface area (Å²) in [5, 5.41) is 3.18. The van der Waals surface area contributed by atoms with E-state index in [-0.39, 0.29) is 16.7 Å². The number of ether oxygens (including phenoxy) is 2. The molecule has 29 heavy (non-hydrogen) atoms. The number of hydrogen-bond donors (Lipinski definition) is 1. The molecule has 156 valence electrons. The molecule has 8 nitrogen and oxygen atoms in total. The van der Waals surface area contributed by atoms with Crippen LogP contribution in [0.4, 0.5) is 5.69 Å². The first-order valence-corrected chi connectivity index (χ1v) is 11.5. The monoisotopic (exact) mass is 419 g/mol. The lowest BCUT2D eigenvalue weighted by Crippen LogP contribution is -2.40. The van der Waals surface area contributed by atoms with Crippen LogP contribution in [0.1, 0.15) is 12.8 Å². The molecular formula is C20H25N3O5S. The molecule has 4 aliphatic rings. The largest absolute Gasteiger partial charge is 0.490 e. The highest BCUT2D eigenvalue weighted by Gasteiger charge is 2.39. The molecule has 0 spiro atoms. The number of amides is 1. The van der Waals surface area contributed by atoms with Gasteiger partial charge in [0.25, 0.3) is 0 Å². The van der Waals surface area contributed by atoms with Crippen molar-refractivity contribution in [1.82, 2.24) is 9.21 Å². The molecule has 1 N–H and O–H groups in total. The normalized spacial score (nSPS) is 22.8. The zero-order valence-corrected chi connectivity index (χ0v) is 17.0. The molecule has 1 saturated heterocycles. The van der Waals surface area contributed by atoms with Crippen LogP contribution in [0.5, 0.6) is 5.75 Å². The number of rotatable bonds is 3. The zero-order valence-electron chi connectivity index (χ0n) is 16.2. The van der Waals surface area contributed by atoms with Gasteiger partial charge in [-0.2, -0.15) is 4.31 Å². The van der Waals surface area contributed by atoms with Crippen molar-refractivity contribution in [2.45, 2.75) is 17.7 Å². The van der Waals surface area contributed by atoms with Gasteiger partial charge in [-0.05, 0) is 42.2 Å². The van der Waals surface area contributed by atoms with Gasteiger partial charge < -0.3 is 19.7 Å². The van der Waals surface area contributed by atoms with Crippen molar-refractivity contribution in [3.63, 3.8) is 0 Å². The SMILES string of the molecule is O=C(C1CCOCC1)N1CC2=C(C1)CN(S(=O)(=O)c1ccc3c(c1)NCCO3)C2. The van der Waals surface area contributed by atoms with Crippen molar-refractivity contribution in [2.24, 2.45) is 5.92 Å². The van der Waals surface area contributed by atoms with Crippen LogP contribution in [-0.4, -0.2) is 76.1 Å². The van der Waals surface area contributed by atoms with E-state index in [1.807, 2.05) is 4.90 Å². The molecule has 0 saturated carbocycles. The minimum absolute atomic E-state index is 0.0360. The summed E-state index contributed by atoms with van der Waals surface area (Å²) in [6.07, 6.45) is 1.55. The van der Waals surface area contributed by atoms with Crippen molar-refractivity contribution in [3.8, 4) is 5.75 Å². The van der Waals surface area contributed by atoms with E-state index in [0.29, 0.717) is 64.0 Å². The van der Waals surface area contributed by atoms with Crippen LogP contribution in [-0.2, 0) is 19.6 Å². The molecular weight excluding hydrogens is 394 g/mol. The van der Waals surface area contributed by atoms with Crippen LogP contribution in [0, 0.1) is 5.92 Å². The van der Waals surface area contributed by atoms with E-state index in [1.165, 1.54) is 4.31 Å². The third-order valence-corrected chi connectivity index (χ3v) is 7.93. The first-order valence-electron chi connectivity index (χ1n) is 10.1. The van der Waals surface area contributed by atoms with E-state index in [1.54, 1.807) is 18.2 Å². The van der Waals surface area contributed by atoms with Gasteiger partial charge in [0.15, 0.2) is 0 Å². The number of nitrogens with zero attached hydrogens (tertiary/aromatic N) is 2. The number of sulfonamides is 1. The Balaban J connectivity index is 1.26. The molecule has 1 aromatic rings. The maximum atomic E-state index is 13.2. The second-order valence-corrected chi connectivity index (χ2v) is 9.93. The van der Waals surface area contributed by atoms with Crippen molar-refractivity contribution < 1.29 is 22.7 Å². The quantitative estimate of drug-likeness (QED) is 0.737. The average molecular weight is 420 g/mol. The molecule has 1 fully saturated rings. The van der Waals surface area contributed by atoms with E-state index < -0.39 is 10.0 Å². The van der Waals surface area contributed by atoms with Crippen molar-refractivity contribution in [3.05, 3.63) is 29.3 Å². The number of carbonyl (C=O) groups is 1. The minimum atomic E-state index is -3.60. The molecule has 0 aromatic heterocycles. The van der Waals surface area contributed by atoms with Gasteiger partial charge in [-0.1, -0.05) is 0 Å². The first kappa shape index (κ1) is 18.9. The maximum absolute atomic E-state index is 13.2. The Morgan fingerprint density at radius 1 is 1.03 bits per heavy atom. The Labute approximate surface area is 170 Å². The Morgan fingerprint density at radius 2 is 1.76 bits per heavy atom. The standard InChI is InChI=1S/C20H25N3O5S/c24-20(14-3-6-27-7-4-14)22-10-15-12-23(13-16(15)11-22)29(25,26)17-1-2-19-18(9-17)21-5-8-28-19/h1-2,9,14,21H,3-8,10-13H2. The number of hydrogen-bond acceptors (Lipinski definition) is 6. The molecule has 0 bridgehead atoms. The smallest absolute Gasteiger partial charge is 0.243 e. The number of anilines is 1. The fourth-order valence-electron chi connectivity index (χ4n) is 4.50. The van der Waals surface area contributed by atoms with Gasteiger partial charge in [-0.25, -0.2) is 8.42 Å². The molecule has 0 unspecified atom stereocenters. The van der Waals surface area contributed by atoms with Gasteiger partial charge in [0.05, 0.1) is 10.6 Å². The fourth-order valence-corrected chi connectivity index (χ4v) is 5.96. The Kier molecular flexibility index (Phi) is 4.76. The van der Waals surface area contributed by atoms with Crippen molar-refractivity contribution >= 4 is 21.6 Å². The topological polar surface area (TPSA) is 88.2 Å². The van der Waals surface area contributed by atoms with Gasteiger partial charge in [0, 0.05) is 51.9 Å². The number of fused-ring (bicyclic) bond motifs is 1. The number of carbonyl (C=O) groups excluding carboxylic acids is 1. The van der Waals surface area contributed by atoms with Gasteiger partial charge >= 0.3 is 0 Å². The second-order valence-electron chi connectivity index (χ2n) is 7.99. The molecule has 5 rings (SSSR count). The fraction of sp³-hybridized carbons (Fsp3) is 0.550. The van der Waals surface area contributed by atoms with Crippen LogP contribution in [0.15, 0.2) is 34.2 Å². The van der Waals surface area contributed by atoms with E-state index in [0.717, 1.165) is 24.0 Å². The lowest BCUT2D eigenvalue weighted by molar-refractivity contribution is -0.137. The van der Waals surface area contributed by atoms with E-state index in [4.69, 9.17) is 9.47 Å². The van der Waals surface area contributed by atoms with Gasteiger partial charge in [0.2, 0.25) is 15.9 Å². The molecule has 0 aliphatic carbocycles. The third-order valence-electron chi connectivity index (χ3n) is 6.14. The Bertz CT molecular complexity index is 950. The average Bonchev–Trinajstić information content (AvgIpc) is 3.33. The van der Waals surface area contributed by atoms with E-state index >= 15 is 0 Å². The van der Waals surface area contributed by atoms with Crippen LogP contribution in [0.25, 0.3) is 0 Å². The highest BCUT2D eigenvalue weighted by Crippen LogP contribution is 2.34. The predicted molar refractivity (Wildman–Crippen MR) is 106 cm³/mol. The van der Waals surface area contributed by atoms with Gasteiger partial charge in [-0.15, -0.1) is 0 Å². The lowest BCUT2D eigenvalue weighted by atomic mass is 9.99. The van der Waals surface area contributed by atoms with Crippen molar-refractivity contribution in [2.75, 3.05) is 57.9 Å². The molecule has 4 heterocycles. The number of benzene rings is 1. The minimum Gasteiger partial charge on any atom is -0.490 e. The summed E-state index contributed by atoms with van der Waals surface area (Å²) in [5.74, 6) is 0.895. The summed E-state index contributed by atoms with van der Waals surface area (Å²) < 4.78 is 38.7. The van der Waals surface area contributed by atoms with E-state index in [9.17, 15) is 13.2 Å². The lowest BCUT2D eigenvalue weighted by Gasteiger charge is -2.28. The van der Waals surface area contributed by atoms with Crippen LogP contribution >= 0.6 is 0 Å². The van der Waals surface area contributed by atoms with Crippen LogP contribution in [0.2, 0.25) is 0 Å². The van der Waals surface area contributed by atoms with Gasteiger partial charge in [-0.3, -0.25) is 4.79 Å². The maximum Gasteiger partial charge on any atom is 0.243 e. The second kappa shape index (κ2) is 7.30. The summed E-state index contributed by atoms with van der Waals surface area (Å²) >= 11 is 0. The Morgan fingerprint density at radius 3 is 2.48 bits per heavy atom. The van der Waals surface area contributed by atoms with Crippen LogP contribution in [0.3, 0.4) is 0 Å². The van der Waals surface area contributed by atoms with E-state index in [2.05, 4.69) is 5.32 Å². The zero-order chi connectivity index (χ0) is 20.0. The first-order chi connectivity index (χ1) is 14.0. The summed E-state index contributed by atoms with van der Waals surface area (Å²) in [6, 6.07) is 4.96. The summed E-state index contributed by atoms with van der Waals surface area (Å²) in [5.41, 5.74) is 2.84. The predicted octanol–water partition coefficient (Wildman–Crippen LogP) is 1.06. The third kappa shape index (κ3) is 3.41. The molecule has 1 aromatic carbocycles. The number of nitrogens with one attached hydrogen (secondary N) is 1. The Hall–Kier alpha value is -2.10.